The molecule has 98 valence electrons. The fourth-order valence-corrected chi connectivity index (χ4v) is 2.79. The van der Waals surface area contributed by atoms with Crippen LogP contribution in [0.1, 0.15) is 0 Å². The minimum absolute atomic E-state index is 0.0485. The first-order valence-corrected chi connectivity index (χ1v) is 7.71. The highest BCUT2D eigenvalue weighted by atomic mass is 32.2. The minimum atomic E-state index is -3.84. The molecule has 2 N–H and O–H groups in total. The molecule has 0 aliphatic heterocycles. The number of rotatable bonds is 4. The summed E-state index contributed by atoms with van der Waals surface area (Å²) in [4.78, 5) is -0.200. The number of terminal acetylenes is 1. The van der Waals surface area contributed by atoms with Gasteiger partial charge in [-0.25, -0.2) is 22.0 Å². The van der Waals surface area contributed by atoms with E-state index in [0.717, 1.165) is 16.4 Å². The van der Waals surface area contributed by atoms with E-state index in [2.05, 4.69) is 5.92 Å². The fourth-order valence-electron chi connectivity index (χ4n) is 1.19. The van der Waals surface area contributed by atoms with Gasteiger partial charge in [-0.2, -0.15) is 4.31 Å². The molecule has 0 aliphatic carbocycles. The number of sulfonamides is 2. The van der Waals surface area contributed by atoms with Crippen LogP contribution in [0.3, 0.4) is 0 Å². The first-order chi connectivity index (χ1) is 8.19. The zero-order valence-electron chi connectivity index (χ0n) is 9.57. The van der Waals surface area contributed by atoms with Gasteiger partial charge in [0.05, 0.1) is 16.3 Å². The Kier molecular flexibility index (Phi) is 4.13. The lowest BCUT2D eigenvalue weighted by Crippen LogP contribution is -2.27. The lowest BCUT2D eigenvalue weighted by Gasteiger charge is -2.14. The predicted octanol–water partition coefficient (Wildman–Crippen LogP) is -0.412. The van der Waals surface area contributed by atoms with Crippen molar-refractivity contribution in [3.8, 4) is 12.3 Å². The van der Waals surface area contributed by atoms with Crippen LogP contribution in [0.2, 0.25) is 0 Å². The molecule has 0 fully saturated rings. The largest absolute Gasteiger partial charge is 0.243 e. The van der Waals surface area contributed by atoms with Crippen molar-refractivity contribution in [3.63, 3.8) is 0 Å². The summed E-state index contributed by atoms with van der Waals surface area (Å²) in [5, 5.41) is 4.91. The lowest BCUT2D eigenvalue weighted by atomic mass is 10.4. The van der Waals surface area contributed by atoms with Crippen molar-refractivity contribution in [1.82, 2.24) is 4.31 Å². The first-order valence-electron chi connectivity index (χ1n) is 4.72. The van der Waals surface area contributed by atoms with Crippen molar-refractivity contribution in [3.05, 3.63) is 24.3 Å². The van der Waals surface area contributed by atoms with E-state index in [1.54, 1.807) is 0 Å². The number of primary sulfonamides is 1. The Balaban J connectivity index is 3.18. The second-order valence-corrected chi connectivity index (χ2v) is 7.09. The zero-order chi connectivity index (χ0) is 14.0. The molecule has 0 aromatic heterocycles. The van der Waals surface area contributed by atoms with Gasteiger partial charge in [-0.05, 0) is 24.3 Å². The molecular weight excluding hydrogens is 276 g/mol. The molecule has 0 saturated carbocycles. The Hall–Kier alpha value is -1.40. The summed E-state index contributed by atoms with van der Waals surface area (Å²) in [5.74, 6) is 2.21. The van der Waals surface area contributed by atoms with Crippen LogP contribution < -0.4 is 5.14 Å². The van der Waals surface area contributed by atoms with Gasteiger partial charge in [0.15, 0.2) is 0 Å². The third-order valence-electron chi connectivity index (χ3n) is 2.17. The van der Waals surface area contributed by atoms with Crippen LogP contribution in [0.25, 0.3) is 0 Å². The highest BCUT2D eigenvalue weighted by Gasteiger charge is 2.20. The van der Waals surface area contributed by atoms with Gasteiger partial charge >= 0.3 is 0 Å². The van der Waals surface area contributed by atoms with Crippen LogP contribution in [-0.2, 0) is 20.0 Å². The molecule has 1 aromatic carbocycles. The molecule has 1 rings (SSSR count). The van der Waals surface area contributed by atoms with E-state index >= 15 is 0 Å². The average molecular weight is 288 g/mol. The van der Waals surface area contributed by atoms with Gasteiger partial charge in [-0.15, -0.1) is 6.42 Å². The molecule has 0 aliphatic rings. The number of nitrogens with zero attached hydrogens (tertiary/aromatic N) is 1. The summed E-state index contributed by atoms with van der Waals surface area (Å²) in [6.07, 6.45) is 5.03. The SMILES string of the molecule is C#CCN(C)S(=O)(=O)c1ccc(S(N)(=O)=O)cc1. The van der Waals surface area contributed by atoms with Gasteiger partial charge in [0.2, 0.25) is 20.0 Å². The van der Waals surface area contributed by atoms with Crippen molar-refractivity contribution in [2.75, 3.05) is 13.6 Å². The minimum Gasteiger partial charge on any atom is -0.225 e. The molecule has 18 heavy (non-hydrogen) atoms. The molecule has 0 amide bonds. The average Bonchev–Trinajstić information content (AvgIpc) is 2.28. The highest BCUT2D eigenvalue weighted by molar-refractivity contribution is 7.89. The van der Waals surface area contributed by atoms with Crippen molar-refractivity contribution in [1.29, 1.82) is 0 Å². The molecule has 1 aromatic rings. The second-order valence-electron chi connectivity index (χ2n) is 3.48. The Morgan fingerprint density at radius 1 is 1.17 bits per heavy atom. The van der Waals surface area contributed by atoms with Gasteiger partial charge in [0.25, 0.3) is 0 Å². The van der Waals surface area contributed by atoms with Crippen LogP contribution in [-0.4, -0.2) is 34.7 Å². The highest BCUT2D eigenvalue weighted by Crippen LogP contribution is 2.16. The lowest BCUT2D eigenvalue weighted by molar-refractivity contribution is 0.503. The van der Waals surface area contributed by atoms with E-state index in [0.29, 0.717) is 0 Å². The van der Waals surface area contributed by atoms with Crippen molar-refractivity contribution in [2.24, 2.45) is 5.14 Å². The van der Waals surface area contributed by atoms with E-state index in [4.69, 9.17) is 11.6 Å². The molecular formula is C10H12N2O4S2. The van der Waals surface area contributed by atoms with E-state index in [-0.39, 0.29) is 16.3 Å². The van der Waals surface area contributed by atoms with Gasteiger partial charge in [-0.1, -0.05) is 5.92 Å². The molecule has 0 spiro atoms. The normalized spacial score (nSPS) is 12.3. The van der Waals surface area contributed by atoms with Crippen LogP contribution in [0, 0.1) is 12.3 Å². The van der Waals surface area contributed by atoms with Crippen LogP contribution >= 0.6 is 0 Å². The van der Waals surface area contributed by atoms with Crippen LogP contribution in [0.4, 0.5) is 0 Å². The third kappa shape index (κ3) is 3.08. The van der Waals surface area contributed by atoms with Crippen LogP contribution in [0.5, 0.6) is 0 Å². The predicted molar refractivity (Wildman–Crippen MR) is 66.5 cm³/mol. The molecule has 0 atom stereocenters. The number of hydrogen-bond donors (Lipinski definition) is 1. The zero-order valence-corrected chi connectivity index (χ0v) is 11.2. The molecule has 0 radical (unpaired) electrons. The standard InChI is InChI=1S/C10H12N2O4S2/c1-3-8-12(2)18(15,16)10-6-4-9(5-7-10)17(11,13)14/h1,4-7H,8H2,2H3,(H2,11,13,14). The number of benzene rings is 1. The Bertz CT molecular complexity index is 670. The van der Waals surface area contributed by atoms with E-state index in [1.807, 2.05) is 0 Å². The molecule has 0 heterocycles. The summed E-state index contributed by atoms with van der Waals surface area (Å²) in [5.41, 5.74) is 0. The maximum absolute atomic E-state index is 11.9. The fraction of sp³-hybridized carbons (Fsp3) is 0.200. The second kappa shape index (κ2) is 5.07. The van der Waals surface area contributed by atoms with Gasteiger partial charge < -0.3 is 0 Å². The third-order valence-corrected chi connectivity index (χ3v) is 4.92. The summed E-state index contributed by atoms with van der Waals surface area (Å²) in [6, 6.07) is 4.60. The molecule has 0 saturated heterocycles. The molecule has 6 nitrogen and oxygen atoms in total. The van der Waals surface area contributed by atoms with Gasteiger partial charge in [-0.3, -0.25) is 0 Å². The van der Waals surface area contributed by atoms with E-state index < -0.39 is 20.0 Å². The topological polar surface area (TPSA) is 97.5 Å². The quantitative estimate of drug-likeness (QED) is 0.761. The maximum Gasteiger partial charge on any atom is 0.243 e. The van der Waals surface area contributed by atoms with E-state index in [9.17, 15) is 16.8 Å². The Labute approximate surface area is 107 Å². The first kappa shape index (κ1) is 14.7. The number of nitrogens with two attached hydrogens (primary N) is 1. The molecule has 0 bridgehead atoms. The smallest absolute Gasteiger partial charge is 0.225 e. The van der Waals surface area contributed by atoms with E-state index in [1.165, 1.54) is 19.2 Å². The molecule has 0 unspecified atom stereocenters. The Morgan fingerprint density at radius 3 is 2.00 bits per heavy atom. The maximum atomic E-state index is 11.9. The van der Waals surface area contributed by atoms with Crippen molar-refractivity contribution in [2.45, 2.75) is 9.79 Å². The summed E-state index contributed by atoms with van der Waals surface area (Å²) in [6.45, 7) is -0.0702. The van der Waals surface area contributed by atoms with Crippen molar-refractivity contribution >= 4 is 20.0 Å². The van der Waals surface area contributed by atoms with Gasteiger partial charge in [0, 0.05) is 7.05 Å². The summed E-state index contributed by atoms with van der Waals surface area (Å²) in [7, 11) is -6.21. The summed E-state index contributed by atoms with van der Waals surface area (Å²) >= 11 is 0. The monoisotopic (exact) mass is 288 g/mol. The van der Waals surface area contributed by atoms with Crippen LogP contribution in [0.15, 0.2) is 34.1 Å². The summed E-state index contributed by atoms with van der Waals surface area (Å²) < 4.78 is 46.9. The van der Waals surface area contributed by atoms with Crippen molar-refractivity contribution < 1.29 is 16.8 Å². The molecule has 8 heteroatoms. The van der Waals surface area contributed by atoms with Gasteiger partial charge in [0.1, 0.15) is 0 Å². The Morgan fingerprint density at radius 2 is 1.61 bits per heavy atom. The number of hydrogen-bond acceptors (Lipinski definition) is 4.